The molecule has 1 aromatic carbocycles. The van der Waals surface area contributed by atoms with E-state index in [1.54, 1.807) is 0 Å². The van der Waals surface area contributed by atoms with Crippen LogP contribution in [0, 0.1) is 11.7 Å². The zero-order valence-corrected chi connectivity index (χ0v) is 16.4. The van der Waals surface area contributed by atoms with Gasteiger partial charge >= 0.3 is 0 Å². The molecule has 0 unspecified atom stereocenters. The molecule has 1 aromatic heterocycles. The van der Waals surface area contributed by atoms with Crippen LogP contribution in [0.15, 0.2) is 33.7 Å². The maximum atomic E-state index is 13.3. The molecule has 2 aromatic rings. The van der Waals surface area contributed by atoms with Crippen molar-refractivity contribution in [3.8, 4) is 0 Å². The molecule has 152 valence electrons. The SMILES string of the molecule is O=S(=O)(c1cccc(F)c1)N1CC(c2nc(CCOCC3CCCC3)no2)C1. The molecule has 0 spiro atoms. The average molecular weight is 409 g/mol. The van der Waals surface area contributed by atoms with Gasteiger partial charge < -0.3 is 9.26 Å². The van der Waals surface area contributed by atoms with Crippen LogP contribution < -0.4 is 0 Å². The van der Waals surface area contributed by atoms with Crippen molar-refractivity contribution in [2.75, 3.05) is 26.3 Å². The number of nitrogens with zero attached hydrogens (tertiary/aromatic N) is 3. The Bertz CT molecular complexity index is 905. The number of halogens is 1. The van der Waals surface area contributed by atoms with Gasteiger partial charge in [-0.1, -0.05) is 24.1 Å². The van der Waals surface area contributed by atoms with Gasteiger partial charge in [0.2, 0.25) is 15.9 Å². The minimum Gasteiger partial charge on any atom is -0.381 e. The van der Waals surface area contributed by atoms with Gasteiger partial charge in [-0.15, -0.1) is 0 Å². The Hall–Kier alpha value is -1.84. The van der Waals surface area contributed by atoms with E-state index in [9.17, 15) is 12.8 Å². The first-order chi connectivity index (χ1) is 13.5. The standard InChI is InChI=1S/C19H24FN3O4S/c20-16-6-3-7-17(10-16)28(24,25)23-11-15(12-23)19-21-18(22-27-19)8-9-26-13-14-4-1-2-5-14/h3,6-7,10,14-15H,1-2,4-5,8-9,11-13H2. The third-order valence-corrected chi connectivity index (χ3v) is 7.24. The van der Waals surface area contributed by atoms with E-state index in [0.717, 1.165) is 12.7 Å². The first kappa shape index (κ1) is 19.5. The monoisotopic (exact) mass is 409 g/mol. The van der Waals surface area contributed by atoms with E-state index in [1.165, 1.54) is 48.2 Å². The lowest BCUT2D eigenvalue weighted by Crippen LogP contribution is -2.48. The second-order valence-corrected chi connectivity index (χ2v) is 9.44. The van der Waals surface area contributed by atoms with Crippen molar-refractivity contribution < 1.29 is 22.1 Å². The molecule has 2 heterocycles. The predicted molar refractivity (Wildman–Crippen MR) is 98.7 cm³/mol. The van der Waals surface area contributed by atoms with E-state index in [-0.39, 0.29) is 23.9 Å². The summed E-state index contributed by atoms with van der Waals surface area (Å²) in [5.41, 5.74) is 0. The molecule has 0 radical (unpaired) electrons. The zero-order chi connectivity index (χ0) is 19.6. The number of hydrogen-bond donors (Lipinski definition) is 0. The van der Waals surface area contributed by atoms with E-state index >= 15 is 0 Å². The van der Waals surface area contributed by atoms with Gasteiger partial charge in [0.05, 0.1) is 17.4 Å². The molecule has 28 heavy (non-hydrogen) atoms. The van der Waals surface area contributed by atoms with Crippen LogP contribution in [0.5, 0.6) is 0 Å². The third-order valence-electron chi connectivity index (χ3n) is 5.41. The van der Waals surface area contributed by atoms with Crippen molar-refractivity contribution in [1.82, 2.24) is 14.4 Å². The van der Waals surface area contributed by atoms with Crippen LogP contribution in [0.2, 0.25) is 0 Å². The summed E-state index contributed by atoms with van der Waals surface area (Å²) in [7, 11) is -3.70. The first-order valence-electron chi connectivity index (χ1n) is 9.68. The fourth-order valence-electron chi connectivity index (χ4n) is 3.69. The van der Waals surface area contributed by atoms with E-state index < -0.39 is 15.8 Å². The molecule has 7 nitrogen and oxygen atoms in total. The smallest absolute Gasteiger partial charge is 0.243 e. The second kappa shape index (κ2) is 8.26. The van der Waals surface area contributed by atoms with Crippen LogP contribution in [0.4, 0.5) is 4.39 Å². The van der Waals surface area contributed by atoms with Crippen molar-refractivity contribution in [1.29, 1.82) is 0 Å². The van der Waals surface area contributed by atoms with Crippen molar-refractivity contribution in [2.24, 2.45) is 5.92 Å². The summed E-state index contributed by atoms with van der Waals surface area (Å²) in [6.07, 6.45) is 5.69. The largest absolute Gasteiger partial charge is 0.381 e. The summed E-state index contributed by atoms with van der Waals surface area (Å²) in [4.78, 5) is 4.32. The van der Waals surface area contributed by atoms with Crippen molar-refractivity contribution in [2.45, 2.75) is 42.9 Å². The summed E-state index contributed by atoms with van der Waals surface area (Å²) in [5.74, 6) is 0.991. The molecule has 9 heteroatoms. The van der Waals surface area contributed by atoms with Crippen LogP contribution in [-0.4, -0.2) is 49.2 Å². The van der Waals surface area contributed by atoms with Crippen LogP contribution in [0.25, 0.3) is 0 Å². The topological polar surface area (TPSA) is 85.5 Å². The summed E-state index contributed by atoms with van der Waals surface area (Å²) < 4.78 is 50.6. The third kappa shape index (κ3) is 4.26. The van der Waals surface area contributed by atoms with Crippen LogP contribution >= 0.6 is 0 Å². The van der Waals surface area contributed by atoms with E-state index in [4.69, 9.17) is 9.26 Å². The van der Waals surface area contributed by atoms with Gasteiger partial charge in [-0.3, -0.25) is 0 Å². The van der Waals surface area contributed by atoms with Crippen LogP contribution in [-0.2, 0) is 21.2 Å². The van der Waals surface area contributed by atoms with Crippen molar-refractivity contribution in [3.63, 3.8) is 0 Å². The molecule has 4 rings (SSSR count). The van der Waals surface area contributed by atoms with Crippen molar-refractivity contribution >= 4 is 10.0 Å². The van der Waals surface area contributed by atoms with E-state index in [2.05, 4.69) is 10.1 Å². The Morgan fingerprint density at radius 3 is 2.79 bits per heavy atom. The Morgan fingerprint density at radius 2 is 2.04 bits per heavy atom. The number of rotatable bonds is 8. The minimum atomic E-state index is -3.70. The summed E-state index contributed by atoms with van der Waals surface area (Å²) in [5, 5.41) is 3.96. The molecule has 2 aliphatic rings. The highest BCUT2D eigenvalue weighted by Crippen LogP contribution is 2.31. The highest BCUT2D eigenvalue weighted by Gasteiger charge is 2.40. The Labute approximate surface area is 163 Å². The van der Waals surface area contributed by atoms with E-state index in [0.29, 0.717) is 30.7 Å². The number of aromatic nitrogens is 2. The molecule has 2 fully saturated rings. The molecule has 0 N–H and O–H groups in total. The number of sulfonamides is 1. The predicted octanol–water partition coefficient (Wildman–Crippen LogP) is 2.75. The summed E-state index contributed by atoms with van der Waals surface area (Å²) >= 11 is 0. The first-order valence-corrected chi connectivity index (χ1v) is 11.1. The van der Waals surface area contributed by atoms with Crippen LogP contribution in [0.3, 0.4) is 0 Å². The summed E-state index contributed by atoms with van der Waals surface area (Å²) in [6, 6.07) is 5.02. The maximum absolute atomic E-state index is 13.3. The minimum absolute atomic E-state index is 0.0448. The van der Waals surface area contributed by atoms with Gasteiger partial charge in [-0.25, -0.2) is 12.8 Å². The van der Waals surface area contributed by atoms with Crippen LogP contribution in [0.1, 0.15) is 43.3 Å². The van der Waals surface area contributed by atoms with Gasteiger partial charge in [0.1, 0.15) is 5.82 Å². The van der Waals surface area contributed by atoms with Gasteiger partial charge in [0, 0.05) is 26.1 Å². The molecule has 0 bridgehead atoms. The lowest BCUT2D eigenvalue weighted by atomic mass is 10.0. The van der Waals surface area contributed by atoms with Gasteiger partial charge in [0.25, 0.3) is 0 Å². The van der Waals surface area contributed by atoms with Gasteiger partial charge in [-0.05, 0) is 37.0 Å². The Kier molecular flexibility index (Phi) is 5.75. The second-order valence-electron chi connectivity index (χ2n) is 7.50. The molecule has 0 amide bonds. The van der Waals surface area contributed by atoms with Crippen molar-refractivity contribution in [3.05, 3.63) is 41.8 Å². The molecule has 1 saturated carbocycles. The highest BCUT2D eigenvalue weighted by atomic mass is 32.2. The summed E-state index contributed by atoms with van der Waals surface area (Å²) in [6.45, 7) is 1.85. The lowest BCUT2D eigenvalue weighted by Gasteiger charge is -2.35. The van der Waals surface area contributed by atoms with E-state index in [1.807, 2.05) is 0 Å². The maximum Gasteiger partial charge on any atom is 0.243 e. The molecule has 1 aliphatic heterocycles. The number of hydrogen-bond acceptors (Lipinski definition) is 6. The van der Waals surface area contributed by atoms with Gasteiger partial charge in [0.15, 0.2) is 5.82 Å². The number of benzene rings is 1. The zero-order valence-electron chi connectivity index (χ0n) is 15.6. The quantitative estimate of drug-likeness (QED) is 0.623. The fourth-order valence-corrected chi connectivity index (χ4v) is 5.26. The lowest BCUT2D eigenvalue weighted by molar-refractivity contribution is 0.102. The highest BCUT2D eigenvalue weighted by molar-refractivity contribution is 7.89. The molecule has 0 atom stereocenters. The average Bonchev–Trinajstić information content (AvgIpc) is 3.29. The Morgan fingerprint density at radius 1 is 1.25 bits per heavy atom. The molecular formula is C19H24FN3O4S. The normalized spacial score (nSPS) is 19.2. The fraction of sp³-hybridized carbons (Fsp3) is 0.579. The molecule has 1 aliphatic carbocycles. The molecule has 1 saturated heterocycles. The Balaban J connectivity index is 1.25. The number of ether oxygens (including phenoxy) is 1. The molecular weight excluding hydrogens is 385 g/mol. The van der Waals surface area contributed by atoms with Gasteiger partial charge in [-0.2, -0.15) is 9.29 Å².